The lowest BCUT2D eigenvalue weighted by atomic mass is 9.97. The monoisotopic (exact) mass is 172 g/mol. The third-order valence-electron chi connectivity index (χ3n) is 2.91. The molecule has 0 amide bonds. The van der Waals surface area contributed by atoms with Gasteiger partial charge in [-0.1, -0.05) is 0 Å². The van der Waals surface area contributed by atoms with Crippen LogP contribution in [0.5, 0.6) is 0 Å². The highest BCUT2D eigenvalue weighted by Crippen LogP contribution is 2.64. The van der Waals surface area contributed by atoms with Gasteiger partial charge < -0.3 is 9.84 Å². The summed E-state index contributed by atoms with van der Waals surface area (Å²) in [6, 6.07) is 0. The summed E-state index contributed by atoms with van der Waals surface area (Å²) in [5.74, 6) is -1.37. The van der Waals surface area contributed by atoms with Gasteiger partial charge in [-0.15, -0.1) is 0 Å². The Kier molecular flexibility index (Phi) is 1.67. The number of esters is 1. The molecule has 0 aromatic heterocycles. The van der Waals surface area contributed by atoms with Gasteiger partial charge in [-0.3, -0.25) is 9.59 Å². The van der Waals surface area contributed by atoms with Crippen molar-refractivity contribution in [1.29, 1.82) is 0 Å². The highest BCUT2D eigenvalue weighted by molar-refractivity contribution is 5.93. The first-order chi connectivity index (χ1) is 5.38. The minimum Gasteiger partial charge on any atom is -0.481 e. The number of carbonyl (C=O) groups excluding carboxylic acids is 1. The molecule has 0 aromatic rings. The van der Waals surface area contributed by atoms with E-state index in [1.165, 1.54) is 7.11 Å². The molecule has 0 spiro atoms. The van der Waals surface area contributed by atoms with Crippen LogP contribution in [-0.2, 0) is 14.3 Å². The van der Waals surface area contributed by atoms with Gasteiger partial charge in [0.2, 0.25) is 0 Å². The van der Waals surface area contributed by atoms with E-state index in [0.29, 0.717) is 6.42 Å². The molecule has 0 radical (unpaired) electrons. The van der Waals surface area contributed by atoms with E-state index in [0.717, 1.165) is 0 Å². The van der Waals surface area contributed by atoms with E-state index in [-0.39, 0.29) is 0 Å². The van der Waals surface area contributed by atoms with Gasteiger partial charge in [0.25, 0.3) is 0 Å². The quantitative estimate of drug-likeness (QED) is 0.621. The maximum atomic E-state index is 11.1. The number of aliphatic carboxylic acids is 1. The van der Waals surface area contributed by atoms with Crippen LogP contribution in [0.25, 0.3) is 0 Å². The van der Waals surface area contributed by atoms with Crippen molar-refractivity contribution in [3.05, 3.63) is 0 Å². The van der Waals surface area contributed by atoms with Crippen LogP contribution in [0.2, 0.25) is 0 Å². The Morgan fingerprint density at radius 2 is 1.83 bits per heavy atom. The molecule has 0 aliphatic heterocycles. The van der Waals surface area contributed by atoms with E-state index in [9.17, 15) is 9.59 Å². The molecule has 4 heteroatoms. The van der Waals surface area contributed by atoms with Crippen LogP contribution in [0.3, 0.4) is 0 Å². The standard InChI is InChI=1S/C8H12O4/c1-7(5(9)10)4-8(7,2)6(11)12-3/h4H2,1-3H3,(H,9,10)/t7-,8+/m1/s1. The smallest absolute Gasteiger partial charge is 0.312 e. The fourth-order valence-corrected chi connectivity index (χ4v) is 1.50. The van der Waals surface area contributed by atoms with Gasteiger partial charge >= 0.3 is 11.9 Å². The molecule has 2 atom stereocenters. The highest BCUT2D eigenvalue weighted by atomic mass is 16.5. The lowest BCUT2D eigenvalue weighted by molar-refractivity contribution is -0.154. The topological polar surface area (TPSA) is 63.6 Å². The molecule has 0 aromatic carbocycles. The van der Waals surface area contributed by atoms with Crippen molar-refractivity contribution in [3.8, 4) is 0 Å². The minimum atomic E-state index is -0.935. The summed E-state index contributed by atoms with van der Waals surface area (Å²) in [4.78, 5) is 21.8. The Labute approximate surface area is 70.5 Å². The molecule has 12 heavy (non-hydrogen) atoms. The van der Waals surface area contributed by atoms with Crippen LogP contribution in [0.1, 0.15) is 20.3 Å². The van der Waals surface area contributed by atoms with Crippen LogP contribution in [0.4, 0.5) is 0 Å². The Morgan fingerprint density at radius 1 is 1.33 bits per heavy atom. The zero-order valence-electron chi connectivity index (χ0n) is 7.38. The first-order valence-electron chi connectivity index (χ1n) is 3.70. The van der Waals surface area contributed by atoms with E-state index in [2.05, 4.69) is 4.74 Å². The summed E-state index contributed by atoms with van der Waals surface area (Å²) in [5.41, 5.74) is -1.76. The number of carboxylic acid groups (broad SMARTS) is 1. The summed E-state index contributed by atoms with van der Waals surface area (Å²) in [7, 11) is 1.27. The molecule has 1 N–H and O–H groups in total. The second kappa shape index (κ2) is 2.21. The lowest BCUT2D eigenvalue weighted by Crippen LogP contribution is -2.26. The zero-order chi connectivity index (χ0) is 9.57. The number of carbonyl (C=O) groups is 2. The average Bonchev–Trinajstić information content (AvgIpc) is 2.56. The molecule has 0 bridgehead atoms. The maximum absolute atomic E-state index is 11.1. The van der Waals surface area contributed by atoms with Gasteiger partial charge in [0.05, 0.1) is 17.9 Å². The molecular formula is C8H12O4. The van der Waals surface area contributed by atoms with Crippen molar-refractivity contribution >= 4 is 11.9 Å². The molecular weight excluding hydrogens is 160 g/mol. The molecule has 0 saturated heterocycles. The van der Waals surface area contributed by atoms with Crippen LogP contribution in [-0.4, -0.2) is 24.2 Å². The Hall–Kier alpha value is -1.06. The summed E-state index contributed by atoms with van der Waals surface area (Å²) < 4.78 is 4.52. The first kappa shape index (κ1) is 9.03. The number of methoxy groups -OCH3 is 1. The Morgan fingerprint density at radius 3 is 2.08 bits per heavy atom. The average molecular weight is 172 g/mol. The largest absolute Gasteiger partial charge is 0.481 e. The molecule has 0 heterocycles. The maximum Gasteiger partial charge on any atom is 0.312 e. The van der Waals surface area contributed by atoms with Crippen molar-refractivity contribution < 1.29 is 19.4 Å². The molecule has 4 nitrogen and oxygen atoms in total. The summed E-state index contributed by atoms with van der Waals surface area (Å²) >= 11 is 0. The van der Waals surface area contributed by atoms with Gasteiger partial charge in [0.15, 0.2) is 0 Å². The molecule has 0 unspecified atom stereocenters. The number of ether oxygens (including phenoxy) is 1. The Balaban J connectivity index is 2.83. The van der Waals surface area contributed by atoms with E-state index >= 15 is 0 Å². The summed E-state index contributed by atoms with van der Waals surface area (Å²) in [6.07, 6.45) is 0.363. The minimum absolute atomic E-state index is 0.363. The zero-order valence-corrected chi connectivity index (χ0v) is 7.38. The predicted molar refractivity (Wildman–Crippen MR) is 40.5 cm³/mol. The van der Waals surface area contributed by atoms with E-state index < -0.39 is 22.8 Å². The SMILES string of the molecule is COC(=O)[C@]1(C)C[C@]1(C)C(=O)O. The molecule has 68 valence electrons. The van der Waals surface area contributed by atoms with Crippen molar-refractivity contribution in [2.75, 3.05) is 7.11 Å². The molecule has 1 fully saturated rings. The lowest BCUT2D eigenvalue weighted by Gasteiger charge is -2.11. The van der Waals surface area contributed by atoms with E-state index in [1.807, 2.05) is 0 Å². The van der Waals surface area contributed by atoms with Gasteiger partial charge in [-0.05, 0) is 20.3 Å². The van der Waals surface area contributed by atoms with Crippen LogP contribution < -0.4 is 0 Å². The van der Waals surface area contributed by atoms with Crippen LogP contribution >= 0.6 is 0 Å². The van der Waals surface area contributed by atoms with Crippen molar-refractivity contribution in [2.45, 2.75) is 20.3 Å². The summed E-state index contributed by atoms with van der Waals surface area (Å²) in [6.45, 7) is 3.18. The van der Waals surface area contributed by atoms with Crippen LogP contribution in [0.15, 0.2) is 0 Å². The van der Waals surface area contributed by atoms with E-state index in [4.69, 9.17) is 5.11 Å². The van der Waals surface area contributed by atoms with Crippen molar-refractivity contribution in [1.82, 2.24) is 0 Å². The van der Waals surface area contributed by atoms with Crippen molar-refractivity contribution in [3.63, 3.8) is 0 Å². The number of hydrogen-bond acceptors (Lipinski definition) is 3. The second-order valence-electron chi connectivity index (χ2n) is 3.64. The molecule has 1 saturated carbocycles. The fraction of sp³-hybridized carbons (Fsp3) is 0.750. The van der Waals surface area contributed by atoms with E-state index in [1.54, 1.807) is 13.8 Å². The Bertz CT molecular complexity index is 247. The third-order valence-corrected chi connectivity index (χ3v) is 2.91. The van der Waals surface area contributed by atoms with Gasteiger partial charge in [-0.25, -0.2) is 0 Å². The fourth-order valence-electron chi connectivity index (χ4n) is 1.50. The number of hydrogen-bond donors (Lipinski definition) is 1. The highest BCUT2D eigenvalue weighted by Gasteiger charge is 2.71. The first-order valence-corrected chi connectivity index (χ1v) is 3.70. The van der Waals surface area contributed by atoms with Crippen molar-refractivity contribution in [2.24, 2.45) is 10.8 Å². The van der Waals surface area contributed by atoms with Gasteiger partial charge in [0, 0.05) is 0 Å². The third kappa shape index (κ3) is 0.838. The molecule has 1 aliphatic rings. The normalized spacial score (nSPS) is 38.9. The van der Waals surface area contributed by atoms with Gasteiger partial charge in [-0.2, -0.15) is 0 Å². The molecule has 1 rings (SSSR count). The number of rotatable bonds is 2. The van der Waals surface area contributed by atoms with Crippen LogP contribution in [0, 0.1) is 10.8 Å². The number of carboxylic acids is 1. The summed E-state index contributed by atoms with van der Waals surface area (Å²) in [5, 5.41) is 8.78. The molecule has 1 aliphatic carbocycles. The second-order valence-corrected chi connectivity index (χ2v) is 3.64. The predicted octanol–water partition coefficient (Wildman–Crippen LogP) is 0.660. The van der Waals surface area contributed by atoms with Gasteiger partial charge in [0.1, 0.15) is 0 Å².